The van der Waals surface area contributed by atoms with Crippen molar-refractivity contribution in [2.45, 2.75) is 31.7 Å². The van der Waals surface area contributed by atoms with E-state index in [1.165, 1.54) is 22.3 Å². The van der Waals surface area contributed by atoms with Crippen molar-refractivity contribution in [1.29, 1.82) is 5.26 Å². The van der Waals surface area contributed by atoms with E-state index in [4.69, 9.17) is 16.0 Å². The van der Waals surface area contributed by atoms with Gasteiger partial charge in [0.2, 0.25) is 5.91 Å². The predicted molar refractivity (Wildman–Crippen MR) is 107 cm³/mol. The van der Waals surface area contributed by atoms with Crippen LogP contribution in [0.2, 0.25) is 0 Å². The van der Waals surface area contributed by atoms with Gasteiger partial charge >= 0.3 is 0 Å². The first-order valence-electron chi connectivity index (χ1n) is 9.27. The van der Waals surface area contributed by atoms with E-state index in [9.17, 15) is 9.18 Å². The molecule has 7 heteroatoms. The molecule has 1 aliphatic heterocycles. The molecule has 2 heterocycles. The van der Waals surface area contributed by atoms with Crippen LogP contribution < -0.4 is 5.73 Å². The molecule has 1 aliphatic carbocycles. The van der Waals surface area contributed by atoms with Crippen LogP contribution in [0.4, 0.5) is 4.39 Å². The Balaban J connectivity index is 1.77. The molecular weight excluding hydrogens is 375 g/mol. The van der Waals surface area contributed by atoms with Gasteiger partial charge in [-0.2, -0.15) is 5.26 Å². The summed E-state index contributed by atoms with van der Waals surface area (Å²) in [5.74, 6) is -0.224. The minimum atomic E-state index is -0.722. The first-order chi connectivity index (χ1) is 13.3. The molecule has 1 aromatic heterocycles. The molecule has 2 aliphatic rings. The quantitative estimate of drug-likeness (QED) is 0.856. The Kier molecular flexibility index (Phi) is 4.47. The number of amides is 1. The number of benzene rings is 1. The highest BCUT2D eigenvalue weighted by Gasteiger charge is 2.51. The fourth-order valence-corrected chi connectivity index (χ4v) is 5.19. The van der Waals surface area contributed by atoms with Gasteiger partial charge in [-0.15, -0.1) is 11.3 Å². The summed E-state index contributed by atoms with van der Waals surface area (Å²) < 4.78 is 13.7. The number of hydrogen-bond acceptors (Lipinski definition) is 5. The van der Waals surface area contributed by atoms with Gasteiger partial charge in [0.15, 0.2) is 5.96 Å². The Hall–Kier alpha value is -2.72. The molecule has 0 spiro atoms. The van der Waals surface area contributed by atoms with Crippen LogP contribution in [0.15, 0.2) is 34.6 Å². The molecular formula is C21H21FN4OS. The normalized spacial score (nSPS) is 25.2. The predicted octanol–water partition coefficient (Wildman–Crippen LogP) is 3.84. The molecule has 5 nitrogen and oxygen atoms in total. The van der Waals surface area contributed by atoms with E-state index in [0.29, 0.717) is 5.92 Å². The molecule has 28 heavy (non-hydrogen) atoms. The van der Waals surface area contributed by atoms with Crippen molar-refractivity contribution in [3.05, 3.63) is 45.9 Å². The average Bonchev–Trinajstić information content (AvgIpc) is 3.13. The summed E-state index contributed by atoms with van der Waals surface area (Å²) in [7, 11) is 1.67. The molecule has 1 fully saturated rings. The van der Waals surface area contributed by atoms with Crippen LogP contribution in [0.3, 0.4) is 0 Å². The highest BCUT2D eigenvalue weighted by Crippen LogP contribution is 2.49. The smallest absolute Gasteiger partial charge is 0.235 e. The van der Waals surface area contributed by atoms with Gasteiger partial charge < -0.3 is 5.73 Å². The van der Waals surface area contributed by atoms with Crippen LogP contribution in [0, 0.1) is 29.0 Å². The number of nitriles is 1. The molecule has 2 N–H and O–H groups in total. The number of guanidine groups is 1. The molecule has 0 radical (unpaired) electrons. The van der Waals surface area contributed by atoms with Crippen LogP contribution in [-0.2, 0) is 10.3 Å². The van der Waals surface area contributed by atoms with Gasteiger partial charge in [0, 0.05) is 11.9 Å². The Morgan fingerprint density at radius 3 is 2.75 bits per heavy atom. The van der Waals surface area contributed by atoms with Crippen LogP contribution in [0.1, 0.15) is 36.6 Å². The van der Waals surface area contributed by atoms with E-state index < -0.39 is 11.4 Å². The molecule has 1 aromatic carbocycles. The first-order valence-corrected chi connectivity index (χ1v) is 10.1. The number of halogens is 1. The summed E-state index contributed by atoms with van der Waals surface area (Å²) in [5, 5.41) is 11.1. The summed E-state index contributed by atoms with van der Waals surface area (Å²) in [6, 6.07) is 8.37. The Morgan fingerprint density at radius 2 is 2.11 bits per heavy atom. The zero-order chi connectivity index (χ0) is 20.1. The molecule has 1 saturated carbocycles. The lowest BCUT2D eigenvalue weighted by atomic mass is 9.66. The van der Waals surface area contributed by atoms with E-state index in [0.717, 1.165) is 35.3 Å². The van der Waals surface area contributed by atoms with Crippen molar-refractivity contribution < 1.29 is 9.18 Å². The van der Waals surface area contributed by atoms with Crippen LogP contribution in [-0.4, -0.2) is 23.8 Å². The number of nitrogens with zero attached hydrogens (tertiary/aromatic N) is 3. The zero-order valence-electron chi connectivity index (χ0n) is 15.8. The average molecular weight is 396 g/mol. The zero-order valence-corrected chi connectivity index (χ0v) is 16.6. The van der Waals surface area contributed by atoms with E-state index in [1.54, 1.807) is 19.2 Å². The minimum Gasteiger partial charge on any atom is -0.369 e. The number of thiophene rings is 1. The third kappa shape index (κ3) is 2.80. The monoisotopic (exact) mass is 396 g/mol. The van der Waals surface area contributed by atoms with E-state index in [1.807, 2.05) is 24.4 Å². The molecule has 0 unspecified atom stereocenters. The number of rotatable bonds is 3. The van der Waals surface area contributed by atoms with E-state index in [2.05, 4.69) is 0 Å². The second-order valence-electron chi connectivity index (χ2n) is 7.69. The molecule has 2 atom stereocenters. The molecule has 4 rings (SSSR count). The van der Waals surface area contributed by atoms with Crippen molar-refractivity contribution in [2.24, 2.45) is 22.6 Å². The highest BCUT2D eigenvalue weighted by atomic mass is 32.1. The third-order valence-corrected chi connectivity index (χ3v) is 7.19. The van der Waals surface area contributed by atoms with E-state index in [-0.39, 0.29) is 23.3 Å². The third-order valence-electron chi connectivity index (χ3n) is 6.03. The summed E-state index contributed by atoms with van der Waals surface area (Å²) in [5.41, 5.74) is 6.99. The Bertz CT molecular complexity index is 1020. The number of carbonyl (C=O) groups excluding carboxylic acids is 1. The van der Waals surface area contributed by atoms with Crippen molar-refractivity contribution in [1.82, 2.24) is 4.90 Å². The van der Waals surface area contributed by atoms with Gasteiger partial charge in [-0.1, -0.05) is 12.5 Å². The summed E-state index contributed by atoms with van der Waals surface area (Å²) in [6.45, 7) is 1.98. The maximum atomic E-state index is 13.7. The number of nitrogens with two attached hydrogens (primary N) is 1. The van der Waals surface area contributed by atoms with Gasteiger partial charge in [-0.25, -0.2) is 9.38 Å². The number of aliphatic imine (C=N–C) groups is 1. The van der Waals surface area contributed by atoms with Gasteiger partial charge in [-0.05, 0) is 60.4 Å². The maximum Gasteiger partial charge on any atom is 0.235 e. The SMILES string of the molecule is CN1C(=O)[C@H](C2CCC2)[C@@](C)(c2cc(-c3ccc(F)c(C#N)c3)cs2)N=C1N. The second-order valence-corrected chi connectivity index (χ2v) is 8.60. The largest absolute Gasteiger partial charge is 0.369 e. The Labute approximate surface area is 167 Å². The van der Waals surface area contributed by atoms with Crippen LogP contribution >= 0.6 is 11.3 Å². The van der Waals surface area contributed by atoms with Crippen molar-refractivity contribution in [2.75, 3.05) is 7.05 Å². The molecule has 0 saturated heterocycles. The highest BCUT2D eigenvalue weighted by molar-refractivity contribution is 7.10. The topological polar surface area (TPSA) is 82.5 Å². The van der Waals surface area contributed by atoms with Crippen molar-refractivity contribution in [3.63, 3.8) is 0 Å². The van der Waals surface area contributed by atoms with Gasteiger partial charge in [-0.3, -0.25) is 9.69 Å². The lowest BCUT2D eigenvalue weighted by Crippen LogP contribution is -2.56. The molecule has 2 aromatic rings. The molecule has 144 valence electrons. The number of carbonyl (C=O) groups is 1. The summed E-state index contributed by atoms with van der Waals surface area (Å²) in [6.07, 6.45) is 3.18. The van der Waals surface area contributed by atoms with Gasteiger partial charge in [0.25, 0.3) is 0 Å². The van der Waals surface area contributed by atoms with Gasteiger partial charge in [0.05, 0.1) is 11.5 Å². The Morgan fingerprint density at radius 1 is 1.36 bits per heavy atom. The fraction of sp³-hybridized carbons (Fsp3) is 0.381. The molecule has 1 amide bonds. The maximum absolute atomic E-state index is 13.7. The first kappa shape index (κ1) is 18.6. The van der Waals surface area contributed by atoms with Crippen molar-refractivity contribution in [3.8, 4) is 17.2 Å². The van der Waals surface area contributed by atoms with Gasteiger partial charge in [0.1, 0.15) is 17.4 Å². The lowest BCUT2D eigenvalue weighted by molar-refractivity contribution is -0.138. The van der Waals surface area contributed by atoms with Crippen molar-refractivity contribution >= 4 is 23.2 Å². The summed E-state index contributed by atoms with van der Waals surface area (Å²) >= 11 is 1.52. The number of hydrogen-bond donors (Lipinski definition) is 1. The molecule has 0 bridgehead atoms. The minimum absolute atomic E-state index is 0.0144. The van der Waals surface area contributed by atoms with E-state index >= 15 is 0 Å². The fourth-order valence-electron chi connectivity index (χ4n) is 4.13. The lowest BCUT2D eigenvalue weighted by Gasteiger charge is -2.46. The van der Waals surface area contributed by atoms with Crippen LogP contribution in [0.5, 0.6) is 0 Å². The summed E-state index contributed by atoms with van der Waals surface area (Å²) in [4.78, 5) is 20.2. The second kappa shape index (κ2) is 6.71. The standard InChI is InChI=1S/C21H21FN4OS/c1-21(18(12-4-3-5-12)19(27)26(2)20(24)25-21)17-9-15(11-28-17)13-6-7-16(22)14(8-13)10-23/h6-9,11-12,18H,3-5H2,1-2H3,(H2,24,25)/t18-,21+/m0/s1. The van der Waals surface area contributed by atoms with Crippen LogP contribution in [0.25, 0.3) is 11.1 Å².